The Morgan fingerprint density at radius 2 is 2.17 bits per heavy atom. The van der Waals surface area contributed by atoms with Gasteiger partial charge in [0.15, 0.2) is 0 Å². The molecule has 0 bridgehead atoms. The Morgan fingerprint density at radius 3 is 2.42 bits per heavy atom. The largest absolute Gasteiger partial charge is 0.245 e. The minimum absolute atomic E-state index is 0.360. The highest BCUT2D eigenvalue weighted by Crippen LogP contribution is 2.31. The second-order valence-electron chi connectivity index (χ2n) is 2.59. The van der Waals surface area contributed by atoms with E-state index < -0.39 is 13.8 Å². The van der Waals surface area contributed by atoms with Gasteiger partial charge < -0.3 is 0 Å². The van der Waals surface area contributed by atoms with Crippen LogP contribution >= 0.6 is 10.7 Å². The predicted molar refractivity (Wildman–Crippen MR) is 50.6 cm³/mol. The Balaban J connectivity index is 3.17. The minimum atomic E-state index is -3.62. The summed E-state index contributed by atoms with van der Waals surface area (Å²) in [4.78, 5) is 0. The van der Waals surface area contributed by atoms with Crippen LogP contribution in [0, 0.1) is 0 Å². The third kappa shape index (κ3) is 1.47. The minimum Gasteiger partial charge on any atom is -0.211 e. The third-order valence-electron chi connectivity index (χ3n) is 1.86. The molecule has 0 aliphatic heterocycles. The van der Waals surface area contributed by atoms with E-state index in [9.17, 15) is 8.42 Å². The molecule has 0 radical (unpaired) electrons. The van der Waals surface area contributed by atoms with E-state index in [-0.39, 0.29) is 0 Å². The van der Waals surface area contributed by atoms with Crippen molar-refractivity contribution in [1.29, 1.82) is 0 Å². The van der Waals surface area contributed by atoms with Gasteiger partial charge in [-0.2, -0.15) is 0 Å². The molecule has 12 heavy (non-hydrogen) atoms. The van der Waals surface area contributed by atoms with E-state index in [0.717, 1.165) is 0 Å². The van der Waals surface area contributed by atoms with Crippen molar-refractivity contribution >= 4 is 19.7 Å². The lowest BCUT2D eigenvalue weighted by molar-refractivity contribution is 0.589. The van der Waals surface area contributed by atoms with Gasteiger partial charge in [-0.05, 0) is 6.42 Å². The molecule has 1 unspecified atom stereocenters. The van der Waals surface area contributed by atoms with Crippen LogP contribution in [0.1, 0.15) is 6.42 Å². The first-order chi connectivity index (χ1) is 5.52. The van der Waals surface area contributed by atoms with Crippen LogP contribution in [0.5, 0.6) is 0 Å². The molecule has 1 atom stereocenters. The van der Waals surface area contributed by atoms with Crippen LogP contribution in [-0.4, -0.2) is 13.2 Å². The molecular formula is C8H9ClO2S. The maximum atomic E-state index is 11.1. The molecule has 0 aromatic carbocycles. The van der Waals surface area contributed by atoms with Crippen molar-refractivity contribution in [3.8, 4) is 0 Å². The monoisotopic (exact) mass is 204 g/mol. The first kappa shape index (κ1) is 9.55. The Bertz CT molecular complexity index is 340. The van der Waals surface area contributed by atoms with E-state index in [1.807, 2.05) is 0 Å². The highest BCUT2D eigenvalue weighted by molar-refractivity contribution is 8.15. The number of rotatable bonds is 2. The summed E-state index contributed by atoms with van der Waals surface area (Å²) in [6.45, 7) is 3.47. The van der Waals surface area contributed by atoms with E-state index in [0.29, 0.717) is 6.42 Å². The van der Waals surface area contributed by atoms with E-state index in [4.69, 9.17) is 10.7 Å². The molecule has 1 aliphatic rings. The lowest BCUT2D eigenvalue weighted by Crippen LogP contribution is -2.30. The summed E-state index contributed by atoms with van der Waals surface area (Å²) in [7, 11) is 1.66. The molecule has 2 nitrogen and oxygen atoms in total. The van der Waals surface area contributed by atoms with Crippen molar-refractivity contribution in [3.05, 3.63) is 37.0 Å². The molecule has 0 saturated heterocycles. The van der Waals surface area contributed by atoms with Crippen molar-refractivity contribution in [3.63, 3.8) is 0 Å². The molecule has 0 fully saturated rings. The summed E-state index contributed by atoms with van der Waals surface area (Å²) in [5.41, 5.74) is 0. The molecule has 0 aromatic heterocycles. The highest BCUT2D eigenvalue weighted by Gasteiger charge is 2.36. The van der Waals surface area contributed by atoms with Crippen molar-refractivity contribution in [2.75, 3.05) is 0 Å². The zero-order valence-corrected chi connectivity index (χ0v) is 7.98. The van der Waals surface area contributed by atoms with Gasteiger partial charge >= 0.3 is 0 Å². The van der Waals surface area contributed by atoms with E-state index >= 15 is 0 Å². The van der Waals surface area contributed by atoms with Crippen LogP contribution in [0.15, 0.2) is 37.0 Å². The van der Waals surface area contributed by atoms with E-state index in [1.165, 1.54) is 6.08 Å². The van der Waals surface area contributed by atoms with Crippen LogP contribution < -0.4 is 0 Å². The highest BCUT2D eigenvalue weighted by atomic mass is 35.7. The fourth-order valence-corrected chi connectivity index (χ4v) is 2.32. The molecule has 0 aromatic rings. The number of hydrogen-bond donors (Lipinski definition) is 0. The van der Waals surface area contributed by atoms with Crippen molar-refractivity contribution in [2.24, 2.45) is 0 Å². The van der Waals surface area contributed by atoms with E-state index in [1.54, 1.807) is 24.3 Å². The van der Waals surface area contributed by atoms with Gasteiger partial charge in [-0.25, -0.2) is 8.42 Å². The topological polar surface area (TPSA) is 34.1 Å². The molecule has 0 N–H and O–H groups in total. The van der Waals surface area contributed by atoms with Crippen LogP contribution in [0.4, 0.5) is 0 Å². The summed E-state index contributed by atoms with van der Waals surface area (Å²) >= 11 is 0. The number of halogens is 1. The van der Waals surface area contributed by atoms with Crippen molar-refractivity contribution in [1.82, 2.24) is 0 Å². The van der Waals surface area contributed by atoms with Gasteiger partial charge in [-0.15, -0.1) is 6.58 Å². The van der Waals surface area contributed by atoms with Gasteiger partial charge in [-0.3, -0.25) is 0 Å². The Kier molecular flexibility index (Phi) is 2.44. The second kappa shape index (κ2) is 3.07. The van der Waals surface area contributed by atoms with E-state index in [2.05, 4.69) is 6.58 Å². The summed E-state index contributed by atoms with van der Waals surface area (Å²) in [6, 6.07) is 0. The van der Waals surface area contributed by atoms with Gasteiger partial charge in [0.05, 0.1) is 0 Å². The number of hydrogen-bond acceptors (Lipinski definition) is 2. The predicted octanol–water partition coefficient (Wildman–Crippen LogP) is 2.00. The van der Waals surface area contributed by atoms with Crippen molar-refractivity contribution < 1.29 is 8.42 Å². The smallest absolute Gasteiger partial charge is 0.211 e. The Hall–Kier alpha value is -0.540. The maximum Gasteiger partial charge on any atom is 0.245 e. The SMILES string of the molecule is C=CC1(S(=O)(=O)Cl)C=CC=CC1. The molecule has 4 heteroatoms. The quantitative estimate of drug-likeness (QED) is 0.509. The summed E-state index contributed by atoms with van der Waals surface area (Å²) < 4.78 is 21.2. The summed E-state index contributed by atoms with van der Waals surface area (Å²) in [6.07, 6.45) is 8.45. The summed E-state index contributed by atoms with van der Waals surface area (Å²) in [5.74, 6) is 0. The van der Waals surface area contributed by atoms with Crippen LogP contribution in [0.3, 0.4) is 0 Å². The lowest BCUT2D eigenvalue weighted by atomic mass is 10.0. The van der Waals surface area contributed by atoms with Crippen LogP contribution in [0.25, 0.3) is 0 Å². The third-order valence-corrected chi connectivity index (χ3v) is 4.10. The molecule has 0 spiro atoms. The van der Waals surface area contributed by atoms with Crippen LogP contribution in [0.2, 0.25) is 0 Å². The molecule has 1 rings (SSSR count). The Labute approximate surface area is 76.7 Å². The van der Waals surface area contributed by atoms with Gasteiger partial charge in [0.2, 0.25) is 9.05 Å². The molecule has 1 aliphatic carbocycles. The van der Waals surface area contributed by atoms with Gasteiger partial charge in [0, 0.05) is 10.7 Å². The average Bonchev–Trinajstić information content (AvgIpc) is 2.04. The second-order valence-corrected chi connectivity index (χ2v) is 5.44. The fourth-order valence-electron chi connectivity index (χ4n) is 1.05. The fraction of sp³-hybridized carbons (Fsp3) is 0.250. The number of allylic oxidation sites excluding steroid dienone is 3. The standard InChI is InChI=1S/C8H9ClO2S/c1-2-8(12(9,10)11)6-4-3-5-7-8/h2-6H,1,7H2. The lowest BCUT2D eigenvalue weighted by Gasteiger charge is -2.23. The first-order valence-electron chi connectivity index (χ1n) is 3.44. The molecule has 66 valence electrons. The maximum absolute atomic E-state index is 11.1. The summed E-state index contributed by atoms with van der Waals surface area (Å²) in [5, 5.41) is 0. The van der Waals surface area contributed by atoms with Gasteiger partial charge in [0.25, 0.3) is 0 Å². The molecule has 0 saturated carbocycles. The normalized spacial score (nSPS) is 28.8. The van der Waals surface area contributed by atoms with Gasteiger partial charge in [0.1, 0.15) is 4.75 Å². The first-order valence-corrected chi connectivity index (χ1v) is 5.75. The van der Waals surface area contributed by atoms with Gasteiger partial charge in [-0.1, -0.05) is 30.4 Å². The zero-order valence-electron chi connectivity index (χ0n) is 6.40. The van der Waals surface area contributed by atoms with Crippen LogP contribution in [-0.2, 0) is 9.05 Å². The zero-order chi connectivity index (χ0) is 9.24. The Morgan fingerprint density at radius 1 is 1.50 bits per heavy atom. The van der Waals surface area contributed by atoms with Crippen molar-refractivity contribution in [2.45, 2.75) is 11.2 Å². The molecular weight excluding hydrogens is 196 g/mol. The average molecular weight is 205 g/mol. The molecule has 0 amide bonds. The molecule has 0 heterocycles.